The van der Waals surface area contributed by atoms with E-state index in [1.54, 1.807) is 10.8 Å². The van der Waals surface area contributed by atoms with Crippen molar-refractivity contribution < 1.29 is 14.0 Å². The Labute approximate surface area is 160 Å². The minimum absolute atomic E-state index is 0.0421. The van der Waals surface area contributed by atoms with Gasteiger partial charge in [-0.2, -0.15) is 0 Å². The first kappa shape index (κ1) is 22.1. The Morgan fingerprint density at radius 1 is 1.33 bits per heavy atom. The zero-order valence-electron chi connectivity index (χ0n) is 16.8. The van der Waals surface area contributed by atoms with Crippen LogP contribution in [0.15, 0.2) is 21.9 Å². The quantitative estimate of drug-likeness (QED) is 0.614. The summed E-state index contributed by atoms with van der Waals surface area (Å²) in [6, 6.07) is 1.41. The lowest BCUT2D eigenvalue weighted by atomic mass is 9.89. The first-order valence-electron chi connectivity index (χ1n) is 9.98. The smallest absolute Gasteiger partial charge is 0.324 e. The molecule has 4 unspecified atom stereocenters. The second-order valence-electron chi connectivity index (χ2n) is 7.98. The average Bonchev–Trinajstić information content (AvgIpc) is 3.02. The van der Waals surface area contributed by atoms with Crippen LogP contribution < -0.4 is 11.2 Å². The summed E-state index contributed by atoms with van der Waals surface area (Å²) in [5, 5.41) is 0. The van der Waals surface area contributed by atoms with E-state index in [1.807, 2.05) is 27.7 Å². The van der Waals surface area contributed by atoms with Crippen LogP contribution in [0.4, 0.5) is 0 Å². The summed E-state index contributed by atoms with van der Waals surface area (Å²) in [7, 11) is -3.68. The van der Waals surface area contributed by atoms with Gasteiger partial charge in [0, 0.05) is 18.3 Å². The summed E-state index contributed by atoms with van der Waals surface area (Å²) in [6.45, 7) is 7.71. The molecule has 0 spiro atoms. The zero-order valence-corrected chi connectivity index (χ0v) is 17.7. The Bertz CT molecular complexity index is 785. The number of nitrogens with one attached hydrogen (secondary N) is 1. The summed E-state index contributed by atoms with van der Waals surface area (Å²) >= 11 is 0. The van der Waals surface area contributed by atoms with Gasteiger partial charge in [-0.25, -0.2) is 4.79 Å². The molecule has 154 valence electrons. The summed E-state index contributed by atoms with van der Waals surface area (Å²) in [5.41, 5.74) is -1.77. The molecule has 4 atom stereocenters. The fourth-order valence-electron chi connectivity index (χ4n) is 4.20. The number of aromatic amines is 1. The zero-order chi connectivity index (χ0) is 20.2. The van der Waals surface area contributed by atoms with Gasteiger partial charge >= 0.3 is 13.3 Å². The monoisotopic (exact) mass is 400 g/mol. The molecule has 0 aromatic carbocycles. The van der Waals surface area contributed by atoms with Gasteiger partial charge in [0.05, 0.1) is 11.3 Å². The molecule has 0 saturated heterocycles. The van der Waals surface area contributed by atoms with Crippen molar-refractivity contribution in [1.29, 1.82) is 0 Å². The molecular formula is C19H33N2O5P. The molecular weight excluding hydrogens is 367 g/mol. The van der Waals surface area contributed by atoms with Crippen molar-refractivity contribution in [3.8, 4) is 0 Å². The molecule has 2 rings (SSSR count). The molecule has 0 radical (unpaired) electrons. The van der Waals surface area contributed by atoms with Gasteiger partial charge in [0.2, 0.25) is 0 Å². The van der Waals surface area contributed by atoms with Gasteiger partial charge in [-0.15, -0.1) is 0 Å². The number of rotatable bonds is 9. The van der Waals surface area contributed by atoms with E-state index in [0.717, 1.165) is 19.3 Å². The second-order valence-corrected chi connectivity index (χ2v) is 10.0. The van der Waals surface area contributed by atoms with Gasteiger partial charge in [0.25, 0.3) is 5.56 Å². The molecule has 1 aromatic heterocycles. The van der Waals surface area contributed by atoms with Gasteiger partial charge in [-0.1, -0.05) is 20.8 Å². The maximum Gasteiger partial charge on any atom is 0.331 e. The fourth-order valence-corrected chi connectivity index (χ4v) is 6.11. The van der Waals surface area contributed by atoms with Crippen molar-refractivity contribution in [1.82, 2.24) is 9.55 Å². The van der Waals surface area contributed by atoms with Crippen LogP contribution in [0.1, 0.15) is 78.7 Å². The van der Waals surface area contributed by atoms with Crippen LogP contribution in [0, 0.1) is 5.92 Å². The van der Waals surface area contributed by atoms with Crippen LogP contribution in [0.25, 0.3) is 0 Å². The Balaban J connectivity index is 2.07. The van der Waals surface area contributed by atoms with Crippen LogP contribution in [-0.4, -0.2) is 25.7 Å². The third kappa shape index (κ3) is 5.43. The van der Waals surface area contributed by atoms with Crippen LogP contribution >= 0.6 is 7.60 Å². The predicted octanol–water partition coefficient (Wildman–Crippen LogP) is 3.83. The van der Waals surface area contributed by atoms with Crippen LogP contribution in [0.3, 0.4) is 0 Å². The molecule has 1 aliphatic rings. The Morgan fingerprint density at radius 2 is 2.00 bits per heavy atom. The summed E-state index contributed by atoms with van der Waals surface area (Å²) in [4.78, 5) is 36.0. The van der Waals surface area contributed by atoms with Crippen LogP contribution in [0.2, 0.25) is 0 Å². The van der Waals surface area contributed by atoms with E-state index >= 15 is 0 Å². The molecule has 1 aliphatic carbocycles. The van der Waals surface area contributed by atoms with E-state index in [-0.39, 0.29) is 17.4 Å². The minimum atomic E-state index is -3.68. The van der Waals surface area contributed by atoms with Crippen LogP contribution in [-0.2, 0) is 9.09 Å². The molecule has 8 heteroatoms. The van der Waals surface area contributed by atoms with E-state index < -0.39 is 18.8 Å². The number of aromatic nitrogens is 2. The molecule has 1 heterocycles. The fraction of sp³-hybridized carbons (Fsp3) is 0.789. The van der Waals surface area contributed by atoms with Crippen molar-refractivity contribution >= 4 is 7.60 Å². The highest BCUT2D eigenvalue weighted by Crippen LogP contribution is 2.55. The maximum atomic E-state index is 12.7. The molecule has 0 amide bonds. The summed E-state index contributed by atoms with van der Waals surface area (Å²) in [6.07, 6.45) is 6.69. The van der Waals surface area contributed by atoms with Crippen molar-refractivity contribution in [3.63, 3.8) is 0 Å². The van der Waals surface area contributed by atoms with Crippen molar-refractivity contribution in [2.24, 2.45) is 5.92 Å². The number of nitrogens with zero attached hydrogens (tertiary/aromatic N) is 1. The SMILES string of the molecule is CCC(CC)P(=O)(O)OC(C)(CC)CC1CCC(n2ccc(=O)[nH]c2=O)C1. The van der Waals surface area contributed by atoms with E-state index in [9.17, 15) is 19.0 Å². The average molecular weight is 400 g/mol. The van der Waals surface area contributed by atoms with Crippen molar-refractivity contribution in [3.05, 3.63) is 33.1 Å². The first-order valence-corrected chi connectivity index (χ1v) is 11.6. The third-order valence-corrected chi connectivity index (χ3v) is 8.34. The van der Waals surface area contributed by atoms with E-state index in [0.29, 0.717) is 31.6 Å². The molecule has 0 aliphatic heterocycles. The van der Waals surface area contributed by atoms with Crippen molar-refractivity contribution in [2.75, 3.05) is 0 Å². The predicted molar refractivity (Wildman–Crippen MR) is 106 cm³/mol. The normalized spacial score (nSPS) is 24.7. The number of H-pyrrole nitrogens is 1. The lowest BCUT2D eigenvalue weighted by molar-refractivity contribution is 0.0422. The molecule has 7 nitrogen and oxygen atoms in total. The maximum absolute atomic E-state index is 12.7. The largest absolute Gasteiger partial charge is 0.331 e. The van der Waals surface area contributed by atoms with Crippen LogP contribution in [0.5, 0.6) is 0 Å². The van der Waals surface area contributed by atoms with Gasteiger partial charge in [-0.05, 0) is 57.8 Å². The molecule has 1 aromatic rings. The first-order chi connectivity index (χ1) is 12.6. The highest BCUT2D eigenvalue weighted by molar-refractivity contribution is 7.53. The number of hydrogen-bond donors (Lipinski definition) is 2. The highest BCUT2D eigenvalue weighted by Gasteiger charge is 2.40. The van der Waals surface area contributed by atoms with E-state index in [1.165, 1.54) is 6.07 Å². The highest BCUT2D eigenvalue weighted by atomic mass is 31.2. The minimum Gasteiger partial charge on any atom is -0.324 e. The van der Waals surface area contributed by atoms with Gasteiger partial charge in [0.15, 0.2) is 0 Å². The molecule has 27 heavy (non-hydrogen) atoms. The molecule has 2 N–H and O–H groups in total. The number of hydrogen-bond acceptors (Lipinski definition) is 4. The second kappa shape index (κ2) is 8.89. The Morgan fingerprint density at radius 3 is 2.56 bits per heavy atom. The lowest BCUT2D eigenvalue weighted by Gasteiger charge is -2.35. The van der Waals surface area contributed by atoms with Gasteiger partial charge in [-0.3, -0.25) is 18.9 Å². The molecule has 0 bridgehead atoms. The standard InChI is InChI=1S/C19H33N2O5P/c1-5-16(6-2)27(24,25)26-19(4,7-3)13-14-8-9-15(12-14)21-11-10-17(22)20-18(21)23/h10-11,14-16H,5-9,12-13H2,1-4H3,(H,24,25)(H,20,22,23). The lowest BCUT2D eigenvalue weighted by Crippen LogP contribution is -2.32. The molecule has 1 fully saturated rings. The summed E-state index contributed by atoms with van der Waals surface area (Å²) in [5.74, 6) is 0.306. The molecule has 1 saturated carbocycles. The van der Waals surface area contributed by atoms with Gasteiger partial charge in [0.1, 0.15) is 0 Å². The third-order valence-electron chi connectivity index (χ3n) is 5.98. The Hall–Kier alpha value is -1.17. The topological polar surface area (TPSA) is 101 Å². The van der Waals surface area contributed by atoms with Gasteiger partial charge < -0.3 is 9.42 Å². The van der Waals surface area contributed by atoms with Crippen molar-refractivity contribution in [2.45, 2.75) is 89.9 Å². The van der Waals surface area contributed by atoms with E-state index in [4.69, 9.17) is 4.52 Å². The van der Waals surface area contributed by atoms with E-state index in [2.05, 4.69) is 4.98 Å². The Kier molecular flexibility index (Phi) is 7.28. The summed E-state index contributed by atoms with van der Waals surface area (Å²) < 4.78 is 20.2.